The minimum Gasteiger partial charge on any atom is -0.585 e. The standard InChI is InChI=1S/C17H20BN4OS/c1-11-3-2-4-13-14(11)20-16(24-13)21-15-19-9-17(23-15)10-22(18)7-5-12(17)6-8-22/h2-4,12H,5-10H2,1H3,(H,19,20,21). The largest absolute Gasteiger partial charge is 0.585 e. The number of hydrogen-bond donors (Lipinski definition) is 1. The molecular formula is C17H20BN4OS. The van der Waals surface area contributed by atoms with Crippen LogP contribution in [0, 0.1) is 12.8 Å². The molecule has 1 unspecified atom stereocenters. The first kappa shape index (κ1) is 14.7. The lowest BCUT2D eigenvalue weighted by Gasteiger charge is -2.64. The Bertz CT molecular complexity index is 842. The van der Waals surface area contributed by atoms with Gasteiger partial charge in [-0.1, -0.05) is 23.5 Å². The molecule has 3 saturated heterocycles. The summed E-state index contributed by atoms with van der Waals surface area (Å²) in [6.07, 6.45) is 2.28. The number of anilines is 1. The number of para-hydroxylation sites is 1. The molecular weight excluding hydrogens is 319 g/mol. The van der Waals surface area contributed by atoms with Gasteiger partial charge in [-0.2, -0.15) is 0 Å². The third-order valence-corrected chi connectivity index (χ3v) is 6.73. The maximum atomic E-state index is 6.49. The quantitative estimate of drug-likeness (QED) is 0.812. The van der Waals surface area contributed by atoms with Gasteiger partial charge in [-0.05, 0) is 31.4 Å². The van der Waals surface area contributed by atoms with E-state index in [0.29, 0.717) is 22.9 Å². The van der Waals surface area contributed by atoms with Gasteiger partial charge in [0.05, 0.1) is 23.3 Å². The molecule has 0 saturated carbocycles. The number of quaternary nitrogens is 1. The Hall–Kier alpha value is -1.60. The summed E-state index contributed by atoms with van der Waals surface area (Å²) in [7, 11) is 6.49. The Balaban J connectivity index is 1.36. The molecule has 1 spiro atoms. The third-order valence-electron chi connectivity index (χ3n) is 5.80. The number of nitrogens with one attached hydrogen (secondary N) is 1. The lowest BCUT2D eigenvalue weighted by molar-refractivity contribution is -0.845. The molecule has 123 valence electrons. The van der Waals surface area contributed by atoms with Crippen LogP contribution in [-0.4, -0.2) is 55.2 Å². The van der Waals surface area contributed by atoms with Crippen molar-refractivity contribution < 1.29 is 9.13 Å². The zero-order chi connectivity index (χ0) is 16.4. The van der Waals surface area contributed by atoms with Crippen LogP contribution in [0.5, 0.6) is 0 Å². The fourth-order valence-electron chi connectivity index (χ4n) is 4.48. The van der Waals surface area contributed by atoms with E-state index in [9.17, 15) is 0 Å². The third kappa shape index (κ3) is 2.18. The van der Waals surface area contributed by atoms with Crippen molar-refractivity contribution in [2.45, 2.75) is 25.4 Å². The maximum Gasteiger partial charge on any atom is 0.292 e. The van der Waals surface area contributed by atoms with E-state index in [4.69, 9.17) is 12.7 Å². The number of piperidine rings is 3. The molecule has 5 heterocycles. The lowest BCUT2D eigenvalue weighted by Crippen LogP contribution is -2.69. The molecule has 3 fully saturated rings. The van der Waals surface area contributed by atoms with Crippen molar-refractivity contribution in [3.63, 3.8) is 0 Å². The second-order valence-corrected chi connectivity index (χ2v) is 8.48. The van der Waals surface area contributed by atoms with Gasteiger partial charge in [-0.15, -0.1) is 0 Å². The fraction of sp³-hybridized carbons (Fsp3) is 0.529. The molecule has 5 nitrogen and oxygen atoms in total. The number of fused-ring (bicyclic) bond motifs is 3. The van der Waals surface area contributed by atoms with Gasteiger partial charge >= 0.3 is 0 Å². The molecule has 0 amide bonds. The summed E-state index contributed by atoms with van der Waals surface area (Å²) in [6.45, 7) is 5.79. The first-order valence-electron chi connectivity index (χ1n) is 8.57. The summed E-state index contributed by atoms with van der Waals surface area (Å²) >= 11 is 1.64. The zero-order valence-electron chi connectivity index (χ0n) is 13.8. The predicted octanol–water partition coefficient (Wildman–Crippen LogP) is 2.47. The van der Waals surface area contributed by atoms with Gasteiger partial charge in [0.15, 0.2) is 10.7 Å². The highest BCUT2D eigenvalue weighted by molar-refractivity contribution is 7.22. The van der Waals surface area contributed by atoms with Crippen LogP contribution in [0.1, 0.15) is 18.4 Å². The van der Waals surface area contributed by atoms with Crippen molar-refractivity contribution in [2.75, 3.05) is 31.5 Å². The molecule has 24 heavy (non-hydrogen) atoms. The van der Waals surface area contributed by atoms with E-state index in [1.165, 1.54) is 10.3 Å². The predicted molar refractivity (Wildman–Crippen MR) is 97.4 cm³/mol. The molecule has 1 aromatic carbocycles. The molecule has 7 heteroatoms. The monoisotopic (exact) mass is 339 g/mol. The van der Waals surface area contributed by atoms with Crippen LogP contribution < -0.4 is 5.32 Å². The SMILES string of the molecule is [B-][N+]12CCC(CC1)C1(CN=C(Nc3nc4c(C)cccc4s3)O1)C2. The summed E-state index contributed by atoms with van der Waals surface area (Å²) in [6, 6.07) is 6.85. The van der Waals surface area contributed by atoms with Crippen LogP contribution in [0.15, 0.2) is 23.2 Å². The number of benzene rings is 1. The number of hydrogen-bond acceptors (Lipinski definition) is 5. The Morgan fingerprint density at radius 1 is 1.38 bits per heavy atom. The normalized spacial score (nSPS) is 34.6. The van der Waals surface area contributed by atoms with E-state index < -0.39 is 0 Å². The van der Waals surface area contributed by atoms with Gasteiger partial charge in [0.1, 0.15) is 0 Å². The van der Waals surface area contributed by atoms with E-state index in [2.05, 4.69) is 40.4 Å². The van der Waals surface area contributed by atoms with Crippen molar-refractivity contribution in [3.05, 3.63) is 23.8 Å². The van der Waals surface area contributed by atoms with Crippen LogP contribution >= 0.6 is 11.3 Å². The molecule has 1 N–H and O–H groups in total. The number of nitrogens with zero attached hydrogens (tertiary/aromatic N) is 3. The number of ether oxygens (including phenoxy) is 1. The first-order valence-corrected chi connectivity index (χ1v) is 9.38. The summed E-state index contributed by atoms with van der Waals surface area (Å²) in [4.78, 5) is 9.32. The fourth-order valence-corrected chi connectivity index (χ4v) is 5.42. The first-order chi connectivity index (χ1) is 11.6. The number of aliphatic imine (C=N–C) groups is 1. The highest BCUT2D eigenvalue weighted by Gasteiger charge is 2.54. The van der Waals surface area contributed by atoms with Crippen molar-refractivity contribution in [1.82, 2.24) is 4.98 Å². The molecule has 1 atom stereocenters. The minimum absolute atomic E-state index is 0.208. The molecule has 2 bridgehead atoms. The Morgan fingerprint density at radius 3 is 2.96 bits per heavy atom. The van der Waals surface area contributed by atoms with Crippen LogP contribution in [-0.2, 0) is 4.74 Å². The molecule has 0 aliphatic carbocycles. The molecule has 2 aromatic rings. The van der Waals surface area contributed by atoms with Crippen molar-refractivity contribution in [1.29, 1.82) is 0 Å². The number of aryl methyl sites for hydroxylation is 1. The Kier molecular flexibility index (Phi) is 3.04. The van der Waals surface area contributed by atoms with E-state index in [-0.39, 0.29) is 5.60 Å². The Labute approximate surface area is 146 Å². The molecule has 6 rings (SSSR count). The van der Waals surface area contributed by atoms with Crippen LogP contribution in [0.2, 0.25) is 0 Å². The number of rotatable bonds is 1. The minimum atomic E-state index is -0.208. The second kappa shape index (κ2) is 4.96. The van der Waals surface area contributed by atoms with Crippen LogP contribution in [0.25, 0.3) is 10.2 Å². The highest BCUT2D eigenvalue weighted by Crippen LogP contribution is 2.43. The van der Waals surface area contributed by atoms with Crippen LogP contribution in [0.3, 0.4) is 0 Å². The zero-order valence-corrected chi connectivity index (χ0v) is 14.6. The number of thiazole rings is 1. The molecule has 4 aliphatic rings. The average Bonchev–Trinajstić information content (AvgIpc) is 3.13. The van der Waals surface area contributed by atoms with E-state index >= 15 is 0 Å². The molecule has 1 aromatic heterocycles. The highest BCUT2D eigenvalue weighted by atomic mass is 32.1. The van der Waals surface area contributed by atoms with E-state index in [0.717, 1.165) is 43.1 Å². The van der Waals surface area contributed by atoms with Crippen molar-refractivity contribution in [3.8, 4) is 0 Å². The van der Waals surface area contributed by atoms with Gasteiger partial charge in [-0.3, -0.25) is 5.32 Å². The summed E-state index contributed by atoms with van der Waals surface area (Å²) in [5.41, 5.74) is 2.03. The second-order valence-electron chi connectivity index (χ2n) is 7.45. The van der Waals surface area contributed by atoms with Gasteiger partial charge in [-0.25, -0.2) is 18.0 Å². The molecule has 3 radical (unpaired) electrons. The van der Waals surface area contributed by atoms with E-state index in [1.54, 1.807) is 11.3 Å². The van der Waals surface area contributed by atoms with Gasteiger partial charge in [0, 0.05) is 19.0 Å². The molecule has 4 aliphatic heterocycles. The average molecular weight is 339 g/mol. The number of amidine groups is 1. The maximum absolute atomic E-state index is 6.49. The summed E-state index contributed by atoms with van der Waals surface area (Å²) < 4.78 is 8.15. The topological polar surface area (TPSA) is 46.5 Å². The van der Waals surface area contributed by atoms with Gasteiger partial charge in [0.25, 0.3) is 6.02 Å². The Morgan fingerprint density at radius 2 is 2.21 bits per heavy atom. The van der Waals surface area contributed by atoms with Gasteiger partial charge < -0.3 is 9.13 Å². The van der Waals surface area contributed by atoms with Gasteiger partial charge in [0.2, 0.25) is 0 Å². The van der Waals surface area contributed by atoms with Crippen molar-refractivity contribution in [2.24, 2.45) is 10.9 Å². The van der Waals surface area contributed by atoms with Crippen molar-refractivity contribution >= 4 is 40.7 Å². The van der Waals surface area contributed by atoms with E-state index in [1.807, 2.05) is 0 Å². The lowest BCUT2D eigenvalue weighted by atomic mass is 9.72. The van der Waals surface area contributed by atoms with Crippen LogP contribution in [0.4, 0.5) is 5.13 Å². The smallest absolute Gasteiger partial charge is 0.292 e. The summed E-state index contributed by atoms with van der Waals surface area (Å²) in [5.74, 6) is 0.571. The summed E-state index contributed by atoms with van der Waals surface area (Å²) in [5, 5.41) is 4.13. The number of aromatic nitrogens is 1.